The van der Waals surface area contributed by atoms with Crippen molar-refractivity contribution < 1.29 is 29.3 Å². The molecule has 3 aromatic rings. The molecule has 11 nitrogen and oxygen atoms in total. The third-order valence-corrected chi connectivity index (χ3v) is 10.7. The van der Waals surface area contributed by atoms with Crippen LogP contribution in [0.25, 0.3) is 33.2 Å². The van der Waals surface area contributed by atoms with Gasteiger partial charge in [0.05, 0.1) is 42.3 Å². The van der Waals surface area contributed by atoms with Gasteiger partial charge in [-0.15, -0.1) is 0 Å². The number of fused-ring (bicyclic) bond motifs is 8. The average Bonchev–Trinajstić information content (AvgIpc) is 3.78. The number of aromatic amines is 2. The Morgan fingerprint density at radius 2 is 1.65 bits per heavy atom. The molecule has 0 aliphatic carbocycles. The first-order valence-electron chi connectivity index (χ1n) is 18.5. The topological polar surface area (TPSA) is 170 Å². The van der Waals surface area contributed by atoms with Crippen molar-refractivity contribution in [1.82, 2.24) is 25.3 Å². The zero-order chi connectivity index (χ0) is 37.9. The first-order chi connectivity index (χ1) is 24.8. The molecule has 3 unspecified atom stereocenters. The number of aliphatic hydroxyl groups excluding tert-OH is 1. The van der Waals surface area contributed by atoms with Crippen LogP contribution in [0.5, 0.6) is 0 Å². The third kappa shape index (κ3) is 7.70. The Morgan fingerprint density at radius 3 is 2.31 bits per heavy atom. The number of carboxylic acid groups (broad SMARTS) is 1. The number of aliphatic carboxylic acids is 1. The van der Waals surface area contributed by atoms with Gasteiger partial charge in [0.2, 0.25) is 0 Å². The van der Waals surface area contributed by atoms with Gasteiger partial charge in [-0.1, -0.05) is 40.0 Å². The number of rotatable bonds is 13. The van der Waals surface area contributed by atoms with Gasteiger partial charge in [-0.25, -0.2) is 4.98 Å². The Labute approximate surface area is 305 Å². The summed E-state index contributed by atoms with van der Waals surface area (Å²) in [7, 11) is 1.32. The van der Waals surface area contributed by atoms with Crippen LogP contribution in [0.3, 0.4) is 0 Å². The van der Waals surface area contributed by atoms with Gasteiger partial charge in [0.1, 0.15) is 0 Å². The van der Waals surface area contributed by atoms with E-state index in [4.69, 9.17) is 14.7 Å². The smallest absolute Gasteiger partial charge is 0.310 e. The van der Waals surface area contributed by atoms with E-state index >= 15 is 0 Å². The van der Waals surface area contributed by atoms with Crippen LogP contribution < -0.4 is 5.32 Å². The third-order valence-electron chi connectivity index (χ3n) is 10.7. The molecule has 2 aliphatic rings. The van der Waals surface area contributed by atoms with Crippen molar-refractivity contribution in [2.24, 2.45) is 0 Å². The van der Waals surface area contributed by atoms with Gasteiger partial charge < -0.3 is 30.2 Å². The maximum Gasteiger partial charge on any atom is 0.310 e. The second-order valence-corrected chi connectivity index (χ2v) is 14.2. The molecule has 0 saturated heterocycles. The van der Waals surface area contributed by atoms with Crippen molar-refractivity contribution >= 4 is 51.1 Å². The molecule has 2 aliphatic heterocycles. The van der Waals surface area contributed by atoms with E-state index in [1.165, 1.54) is 7.11 Å². The minimum Gasteiger partial charge on any atom is -0.481 e. The van der Waals surface area contributed by atoms with Crippen LogP contribution in [-0.4, -0.2) is 61.6 Å². The van der Waals surface area contributed by atoms with Gasteiger partial charge in [-0.2, -0.15) is 0 Å². The lowest BCUT2D eigenvalue weighted by molar-refractivity contribution is -0.140. The number of methoxy groups -OCH3 is 1. The molecule has 1 amide bonds. The van der Waals surface area contributed by atoms with Crippen LogP contribution in [0.15, 0.2) is 18.2 Å². The molecule has 3 atom stereocenters. The molecule has 0 radical (unpaired) electrons. The van der Waals surface area contributed by atoms with Crippen molar-refractivity contribution in [2.75, 3.05) is 13.7 Å². The van der Waals surface area contributed by atoms with Crippen molar-refractivity contribution in [2.45, 2.75) is 118 Å². The minimum atomic E-state index is -0.937. The maximum atomic E-state index is 14.2. The number of ether oxygens (including phenoxy) is 1. The molecule has 3 aromatic heterocycles. The van der Waals surface area contributed by atoms with E-state index in [1.54, 1.807) is 6.92 Å². The molecule has 0 aromatic carbocycles. The normalized spacial score (nSPS) is 16.2. The minimum absolute atomic E-state index is 0.106. The fraction of sp³-hybridized carbons (Fsp3) is 0.488. The number of H-pyrrole nitrogens is 2. The number of carbonyl (C=O) groups is 3. The van der Waals surface area contributed by atoms with E-state index < -0.39 is 18.0 Å². The van der Waals surface area contributed by atoms with E-state index in [2.05, 4.69) is 36.1 Å². The molecule has 0 saturated carbocycles. The monoisotopic (exact) mass is 711 g/mol. The van der Waals surface area contributed by atoms with Crippen molar-refractivity contribution in [3.63, 3.8) is 0 Å². The van der Waals surface area contributed by atoms with Crippen LogP contribution in [-0.2, 0) is 32.0 Å². The van der Waals surface area contributed by atoms with Gasteiger partial charge in [0, 0.05) is 63.7 Å². The van der Waals surface area contributed by atoms with Crippen LogP contribution in [0.2, 0.25) is 0 Å². The molecule has 5 N–H and O–H groups in total. The van der Waals surface area contributed by atoms with E-state index in [0.29, 0.717) is 46.0 Å². The first kappa shape index (κ1) is 38.5. The highest BCUT2D eigenvalue weighted by atomic mass is 16.5. The zero-order valence-corrected chi connectivity index (χ0v) is 31.7. The number of aromatic nitrogens is 4. The number of carboxylic acids is 1. The number of esters is 1. The Morgan fingerprint density at radius 1 is 0.942 bits per heavy atom. The Kier molecular flexibility index (Phi) is 12.0. The quantitative estimate of drug-likeness (QED) is 0.0890. The van der Waals surface area contributed by atoms with E-state index in [9.17, 15) is 24.6 Å². The van der Waals surface area contributed by atoms with E-state index in [1.807, 2.05) is 39.0 Å². The van der Waals surface area contributed by atoms with Crippen LogP contribution >= 0.6 is 0 Å². The summed E-state index contributed by atoms with van der Waals surface area (Å²) in [5.41, 5.74) is 10.7. The zero-order valence-electron chi connectivity index (χ0n) is 31.7. The highest BCUT2D eigenvalue weighted by Crippen LogP contribution is 2.44. The largest absolute Gasteiger partial charge is 0.481 e. The molecule has 52 heavy (non-hydrogen) atoms. The first-order valence-corrected chi connectivity index (χ1v) is 18.5. The maximum absolute atomic E-state index is 14.2. The SMILES string of the molecule is CCCCCCNC(=O)C1=C(C)c2cc3[nH]c(cc4[nH]c(cc5nc(c(CC(=O)OC)c1n2)C(CCC(=O)O)C5C)c(C)c4C(C)O)c(C)c3CC. The van der Waals surface area contributed by atoms with Crippen molar-refractivity contribution in [3.05, 3.63) is 68.8 Å². The van der Waals surface area contributed by atoms with Crippen LogP contribution in [0.4, 0.5) is 0 Å². The number of unbranched alkanes of at least 4 members (excludes halogenated alkanes) is 3. The van der Waals surface area contributed by atoms with Gasteiger partial charge in [0.25, 0.3) is 5.91 Å². The summed E-state index contributed by atoms with van der Waals surface area (Å²) < 4.78 is 5.18. The average molecular weight is 712 g/mol. The summed E-state index contributed by atoms with van der Waals surface area (Å²) in [5, 5.41) is 23.8. The number of carbonyl (C=O) groups excluding carboxylic acids is 2. The van der Waals surface area contributed by atoms with E-state index in [-0.39, 0.29) is 37.0 Å². The highest BCUT2D eigenvalue weighted by molar-refractivity contribution is 6.27. The lowest BCUT2D eigenvalue weighted by Crippen LogP contribution is -2.26. The predicted molar refractivity (Wildman–Crippen MR) is 204 cm³/mol. The van der Waals surface area contributed by atoms with Gasteiger partial charge >= 0.3 is 11.9 Å². The van der Waals surface area contributed by atoms with Gasteiger partial charge in [-0.05, 0) is 87.4 Å². The van der Waals surface area contributed by atoms with Crippen LogP contribution in [0.1, 0.15) is 142 Å². The molecule has 278 valence electrons. The molecule has 5 heterocycles. The second-order valence-electron chi connectivity index (χ2n) is 14.2. The number of allylic oxidation sites excluding steroid dienone is 1. The van der Waals surface area contributed by atoms with Gasteiger partial charge in [0.15, 0.2) is 0 Å². The molecular formula is C41H53N5O6. The summed E-state index contributed by atoms with van der Waals surface area (Å²) in [6.07, 6.45) is 3.95. The fourth-order valence-electron chi connectivity index (χ4n) is 7.72. The Bertz CT molecular complexity index is 2070. The van der Waals surface area contributed by atoms with E-state index in [0.717, 1.165) is 76.4 Å². The molecule has 8 bridgehead atoms. The summed E-state index contributed by atoms with van der Waals surface area (Å²) in [6.45, 7) is 14.4. The fourth-order valence-corrected chi connectivity index (χ4v) is 7.72. The second kappa shape index (κ2) is 16.3. The number of aliphatic hydroxyl groups is 1. The Hall–Kier alpha value is -4.77. The number of hydrogen-bond donors (Lipinski definition) is 5. The number of nitrogens with one attached hydrogen (secondary N) is 3. The summed E-state index contributed by atoms with van der Waals surface area (Å²) >= 11 is 0. The molecule has 0 fully saturated rings. The number of hydrogen-bond acceptors (Lipinski definition) is 7. The standard InChI is InChI=1S/C41H53N5O6/c1-9-11-12-13-16-42-41(51)38-24(6)32-19-33-26(10-2)21(3)29(43-33)20-34-37(25(7)47)23(5)31(44-34)18-30-22(4)27(14-15-35(48)49)39(45-30)28(40(38)46-32)17-36(50)52-8/h18-20,22,25,27,43-44,47H,9-17H2,1-8H3,(H,42,51)(H,48,49). The number of amides is 1. The van der Waals surface area contributed by atoms with Crippen molar-refractivity contribution in [3.8, 4) is 0 Å². The summed E-state index contributed by atoms with van der Waals surface area (Å²) in [6, 6.07) is 5.92. The highest BCUT2D eigenvalue weighted by Gasteiger charge is 2.35. The number of aryl methyl sites for hydroxylation is 3. The molecule has 11 heteroatoms. The lowest BCUT2D eigenvalue weighted by Gasteiger charge is -2.18. The predicted octanol–water partition coefficient (Wildman–Crippen LogP) is 7.64. The van der Waals surface area contributed by atoms with Gasteiger partial charge in [-0.3, -0.25) is 19.4 Å². The Balaban J connectivity index is 1.94. The van der Waals surface area contributed by atoms with Crippen molar-refractivity contribution in [1.29, 1.82) is 0 Å². The number of nitrogens with zero attached hydrogens (tertiary/aromatic N) is 2. The lowest BCUT2D eigenvalue weighted by atomic mass is 9.84. The summed E-state index contributed by atoms with van der Waals surface area (Å²) in [4.78, 5) is 56.6. The summed E-state index contributed by atoms with van der Waals surface area (Å²) in [5.74, 6) is -2.36. The molecule has 5 rings (SSSR count). The van der Waals surface area contributed by atoms with Crippen LogP contribution in [0, 0.1) is 13.8 Å². The molecular weight excluding hydrogens is 658 g/mol. The molecule has 0 spiro atoms.